The third-order valence-electron chi connectivity index (χ3n) is 6.97. The van der Waals surface area contributed by atoms with Crippen LogP contribution >= 0.6 is 23.2 Å². The number of carboxylic acids is 1. The highest BCUT2D eigenvalue weighted by Gasteiger charge is 2.31. The van der Waals surface area contributed by atoms with Crippen molar-refractivity contribution in [2.75, 3.05) is 33.4 Å². The number of ether oxygens (including phenoxy) is 2. The molecule has 0 saturated heterocycles. The van der Waals surface area contributed by atoms with E-state index < -0.39 is 25.1 Å². The molecule has 0 unspecified atom stereocenters. The topological polar surface area (TPSA) is 59.0 Å². The Hall–Kier alpha value is -3.65. The fourth-order valence-corrected chi connectivity index (χ4v) is 4.87. The first-order valence-corrected chi connectivity index (χ1v) is 14.6. The van der Waals surface area contributed by atoms with Crippen molar-refractivity contribution in [2.24, 2.45) is 0 Å². The number of carboxylic acid groups (broad SMARTS) is 1. The number of benzene rings is 4. The molecule has 4 rings (SSSR count). The van der Waals surface area contributed by atoms with Crippen LogP contribution in [0.15, 0.2) is 97.1 Å². The lowest BCUT2D eigenvalue weighted by molar-refractivity contribution is -0.0728. The van der Waals surface area contributed by atoms with Crippen molar-refractivity contribution >= 4 is 29.2 Å². The SMILES string of the molecule is CN(CCCc1ccc(OCC(F)(F)COc2ccc(C(=O)O)cc2)cc1)CC(c1ccc(Cl)cc1)c1ccc(Cl)cc1. The molecule has 1 N–H and O–H groups in total. The summed E-state index contributed by atoms with van der Waals surface area (Å²) in [5.41, 5.74) is 3.50. The van der Waals surface area contributed by atoms with E-state index in [0.29, 0.717) is 15.8 Å². The number of rotatable bonds is 15. The molecular formula is C34H33Cl2F2NO4. The van der Waals surface area contributed by atoms with Gasteiger partial charge in [0.15, 0.2) is 13.2 Å². The maximum Gasteiger partial charge on any atom is 0.335 e. The average Bonchev–Trinajstić information content (AvgIpc) is 3.00. The number of halogens is 4. The smallest absolute Gasteiger partial charge is 0.335 e. The van der Waals surface area contributed by atoms with Crippen molar-refractivity contribution in [3.8, 4) is 11.5 Å². The van der Waals surface area contributed by atoms with Gasteiger partial charge in [-0.05, 0) is 104 Å². The van der Waals surface area contributed by atoms with Crippen LogP contribution in [0.3, 0.4) is 0 Å². The van der Waals surface area contributed by atoms with E-state index in [-0.39, 0.29) is 17.2 Å². The Bertz CT molecular complexity index is 1400. The van der Waals surface area contributed by atoms with Gasteiger partial charge < -0.3 is 19.5 Å². The summed E-state index contributed by atoms with van der Waals surface area (Å²) in [7, 11) is 2.10. The lowest BCUT2D eigenvalue weighted by atomic mass is 9.91. The summed E-state index contributed by atoms with van der Waals surface area (Å²) < 4.78 is 39.1. The Labute approximate surface area is 260 Å². The summed E-state index contributed by atoms with van der Waals surface area (Å²) in [6.07, 6.45) is 1.76. The van der Waals surface area contributed by atoms with Crippen molar-refractivity contribution in [2.45, 2.75) is 24.7 Å². The number of likely N-dealkylation sites (N-methyl/N-ethyl adjacent to an activating group) is 1. The van der Waals surface area contributed by atoms with Crippen molar-refractivity contribution in [1.82, 2.24) is 4.90 Å². The van der Waals surface area contributed by atoms with E-state index in [1.165, 1.54) is 35.4 Å². The van der Waals surface area contributed by atoms with Gasteiger partial charge in [0.2, 0.25) is 0 Å². The highest BCUT2D eigenvalue weighted by atomic mass is 35.5. The zero-order chi connectivity index (χ0) is 30.8. The molecular weight excluding hydrogens is 595 g/mol. The highest BCUT2D eigenvalue weighted by Crippen LogP contribution is 2.28. The first-order chi connectivity index (χ1) is 20.6. The molecule has 4 aromatic carbocycles. The number of hydrogen-bond donors (Lipinski definition) is 1. The predicted octanol–water partition coefficient (Wildman–Crippen LogP) is 8.48. The maximum absolute atomic E-state index is 14.3. The molecule has 226 valence electrons. The Kier molecular flexibility index (Phi) is 11.4. The molecule has 0 bridgehead atoms. The lowest BCUT2D eigenvalue weighted by Crippen LogP contribution is -2.32. The minimum atomic E-state index is -3.23. The standard InChI is InChI=1S/C34H33Cl2F2NO4/c1-39(21-32(25-6-12-28(35)13-7-25)26-8-14-29(36)15-9-26)20-2-3-24-4-16-30(17-5-24)42-22-34(37,38)23-43-31-18-10-27(11-19-31)33(40)41/h4-19,32H,2-3,20-23H2,1H3,(H,40,41). The minimum Gasteiger partial charge on any atom is -0.487 e. The van der Waals surface area contributed by atoms with Crippen LogP contribution in [0.5, 0.6) is 11.5 Å². The molecule has 0 atom stereocenters. The van der Waals surface area contributed by atoms with E-state index in [1.807, 2.05) is 36.4 Å². The zero-order valence-corrected chi connectivity index (χ0v) is 25.2. The monoisotopic (exact) mass is 627 g/mol. The van der Waals surface area contributed by atoms with Crippen LogP contribution < -0.4 is 9.47 Å². The van der Waals surface area contributed by atoms with Crippen molar-refractivity contribution in [3.63, 3.8) is 0 Å². The van der Waals surface area contributed by atoms with Gasteiger partial charge in [0.1, 0.15) is 11.5 Å². The van der Waals surface area contributed by atoms with Gasteiger partial charge in [0.25, 0.3) is 0 Å². The molecule has 0 aromatic heterocycles. The molecule has 0 aliphatic rings. The highest BCUT2D eigenvalue weighted by molar-refractivity contribution is 6.30. The molecule has 0 saturated carbocycles. The van der Waals surface area contributed by atoms with Gasteiger partial charge in [-0.15, -0.1) is 0 Å². The number of nitrogens with zero attached hydrogens (tertiary/aromatic N) is 1. The van der Waals surface area contributed by atoms with E-state index in [9.17, 15) is 13.6 Å². The summed E-state index contributed by atoms with van der Waals surface area (Å²) in [5.74, 6) is -3.66. The fourth-order valence-electron chi connectivity index (χ4n) is 4.62. The second-order valence-electron chi connectivity index (χ2n) is 10.4. The molecule has 5 nitrogen and oxygen atoms in total. The number of alkyl halides is 2. The molecule has 9 heteroatoms. The molecule has 0 radical (unpaired) electrons. The largest absolute Gasteiger partial charge is 0.487 e. The van der Waals surface area contributed by atoms with Gasteiger partial charge in [-0.3, -0.25) is 0 Å². The van der Waals surface area contributed by atoms with Crippen LogP contribution in [0, 0.1) is 0 Å². The van der Waals surface area contributed by atoms with Gasteiger partial charge >= 0.3 is 11.9 Å². The van der Waals surface area contributed by atoms with Gasteiger partial charge in [-0.1, -0.05) is 59.6 Å². The number of aryl methyl sites for hydroxylation is 1. The predicted molar refractivity (Wildman–Crippen MR) is 166 cm³/mol. The minimum absolute atomic E-state index is 0.0508. The van der Waals surface area contributed by atoms with Crippen LogP contribution in [0.25, 0.3) is 0 Å². The van der Waals surface area contributed by atoms with Crippen molar-refractivity contribution in [3.05, 3.63) is 129 Å². The number of hydrogen-bond acceptors (Lipinski definition) is 4. The Morgan fingerprint density at radius 2 is 1.26 bits per heavy atom. The molecule has 0 spiro atoms. The molecule has 0 aliphatic carbocycles. The normalized spacial score (nSPS) is 11.6. The van der Waals surface area contributed by atoms with Crippen LogP contribution in [-0.4, -0.2) is 55.2 Å². The van der Waals surface area contributed by atoms with Gasteiger partial charge in [-0.2, -0.15) is 8.78 Å². The zero-order valence-electron chi connectivity index (χ0n) is 23.7. The Morgan fingerprint density at radius 3 is 1.72 bits per heavy atom. The summed E-state index contributed by atoms with van der Waals surface area (Å²) in [5, 5.41) is 10.3. The second-order valence-corrected chi connectivity index (χ2v) is 11.3. The quantitative estimate of drug-likeness (QED) is 0.143. The average molecular weight is 629 g/mol. The van der Waals surface area contributed by atoms with Crippen LogP contribution in [0.4, 0.5) is 8.78 Å². The molecule has 0 aliphatic heterocycles. The van der Waals surface area contributed by atoms with Gasteiger partial charge in [0, 0.05) is 22.5 Å². The fraction of sp³-hybridized carbons (Fsp3) is 0.265. The van der Waals surface area contributed by atoms with Gasteiger partial charge in [0.05, 0.1) is 5.56 Å². The molecule has 4 aromatic rings. The van der Waals surface area contributed by atoms with E-state index >= 15 is 0 Å². The number of aromatic carboxylic acids is 1. The second kappa shape index (κ2) is 15.2. The first-order valence-electron chi connectivity index (χ1n) is 13.8. The third kappa shape index (κ3) is 10.2. The molecule has 0 heterocycles. The van der Waals surface area contributed by atoms with E-state index in [0.717, 1.165) is 31.5 Å². The Morgan fingerprint density at radius 1 is 0.791 bits per heavy atom. The molecule has 43 heavy (non-hydrogen) atoms. The molecule has 0 fully saturated rings. The van der Waals surface area contributed by atoms with Crippen molar-refractivity contribution < 1.29 is 28.2 Å². The summed E-state index contributed by atoms with van der Waals surface area (Å²) in [6, 6.07) is 28.3. The summed E-state index contributed by atoms with van der Waals surface area (Å²) >= 11 is 12.2. The molecule has 0 amide bonds. The van der Waals surface area contributed by atoms with Crippen molar-refractivity contribution in [1.29, 1.82) is 0 Å². The third-order valence-corrected chi connectivity index (χ3v) is 7.47. The maximum atomic E-state index is 14.3. The van der Waals surface area contributed by atoms with Crippen LogP contribution in [-0.2, 0) is 6.42 Å². The first kappa shape index (κ1) is 32.3. The van der Waals surface area contributed by atoms with E-state index in [2.05, 4.69) is 36.2 Å². The number of carbonyl (C=O) groups is 1. The summed E-state index contributed by atoms with van der Waals surface area (Å²) in [6.45, 7) is -0.0303. The van der Waals surface area contributed by atoms with Crippen LogP contribution in [0.2, 0.25) is 10.0 Å². The lowest BCUT2D eigenvalue weighted by Gasteiger charge is -2.25. The van der Waals surface area contributed by atoms with Gasteiger partial charge in [-0.25, -0.2) is 4.79 Å². The van der Waals surface area contributed by atoms with E-state index in [4.69, 9.17) is 37.8 Å². The van der Waals surface area contributed by atoms with E-state index in [1.54, 1.807) is 12.1 Å². The van der Waals surface area contributed by atoms with Crippen LogP contribution in [0.1, 0.15) is 39.4 Å². The summed E-state index contributed by atoms with van der Waals surface area (Å²) in [4.78, 5) is 13.2. The Balaban J connectivity index is 1.22.